The zero-order valence-electron chi connectivity index (χ0n) is 28.9. The molecule has 0 radical (unpaired) electrons. The largest absolute Gasteiger partial charge is 0.310 e. The molecule has 9 aromatic carbocycles. The zero-order valence-corrected chi connectivity index (χ0v) is 28.9. The van der Waals surface area contributed by atoms with Crippen LogP contribution in [0, 0.1) is 6.92 Å². The Kier molecular flexibility index (Phi) is 7.11. The summed E-state index contributed by atoms with van der Waals surface area (Å²) >= 11 is 0. The van der Waals surface area contributed by atoms with Crippen LogP contribution in [-0.4, -0.2) is 0 Å². The molecule has 1 aliphatic rings. The Morgan fingerprint density at radius 2 is 0.808 bits per heavy atom. The summed E-state index contributed by atoms with van der Waals surface area (Å²) in [6, 6.07) is 70.8. The highest BCUT2D eigenvalue weighted by molar-refractivity contribution is 6.28. The van der Waals surface area contributed by atoms with E-state index < -0.39 is 0 Å². The maximum Gasteiger partial charge on any atom is 0.0490 e. The van der Waals surface area contributed by atoms with Crippen LogP contribution in [0.4, 0.5) is 17.1 Å². The molecule has 0 aromatic heterocycles. The molecule has 1 aliphatic carbocycles. The summed E-state index contributed by atoms with van der Waals surface area (Å²) in [6.07, 6.45) is 0. The van der Waals surface area contributed by atoms with E-state index in [1.54, 1.807) is 0 Å². The van der Waals surface area contributed by atoms with Crippen molar-refractivity contribution >= 4 is 38.6 Å². The Morgan fingerprint density at radius 3 is 1.46 bits per heavy atom. The lowest BCUT2D eigenvalue weighted by Crippen LogP contribution is -2.11. The lowest BCUT2D eigenvalue weighted by Gasteiger charge is -2.27. The van der Waals surface area contributed by atoms with E-state index in [0.717, 1.165) is 11.4 Å². The first kappa shape index (κ1) is 30.2. The third-order valence-corrected chi connectivity index (χ3v) is 10.7. The quantitative estimate of drug-likeness (QED) is 0.171. The van der Waals surface area contributed by atoms with E-state index in [2.05, 4.69) is 206 Å². The van der Waals surface area contributed by atoms with E-state index in [4.69, 9.17) is 0 Å². The molecule has 0 heterocycles. The SMILES string of the molecule is Cc1ccccc1N(c1ccccc1)c1cccc(-c2ccc3c4c(cccc24)-c2c-3c(-c3ccccc3)c3ccccc3c2-c2ccccc2)c1. The van der Waals surface area contributed by atoms with Crippen molar-refractivity contribution in [2.75, 3.05) is 4.90 Å². The van der Waals surface area contributed by atoms with Gasteiger partial charge in [-0.3, -0.25) is 0 Å². The van der Waals surface area contributed by atoms with Crippen LogP contribution in [-0.2, 0) is 0 Å². The van der Waals surface area contributed by atoms with E-state index >= 15 is 0 Å². The Labute approximate surface area is 304 Å². The second kappa shape index (κ2) is 12.3. The fourth-order valence-corrected chi connectivity index (χ4v) is 8.49. The highest BCUT2D eigenvalue weighted by Gasteiger charge is 2.31. The summed E-state index contributed by atoms with van der Waals surface area (Å²) in [6.45, 7) is 2.19. The zero-order chi connectivity index (χ0) is 34.6. The topological polar surface area (TPSA) is 3.24 Å². The van der Waals surface area contributed by atoms with Crippen LogP contribution in [0.15, 0.2) is 194 Å². The van der Waals surface area contributed by atoms with Gasteiger partial charge in [0.15, 0.2) is 0 Å². The number of nitrogens with zero attached hydrogens (tertiary/aromatic N) is 1. The third kappa shape index (κ3) is 4.71. The second-order valence-electron chi connectivity index (χ2n) is 13.7. The van der Waals surface area contributed by atoms with Crippen molar-refractivity contribution in [3.63, 3.8) is 0 Å². The molecule has 244 valence electrons. The number of hydrogen-bond donors (Lipinski definition) is 0. The summed E-state index contributed by atoms with van der Waals surface area (Å²) in [5, 5.41) is 5.15. The molecular formula is C51H35N. The Hall–Kier alpha value is -6.70. The Morgan fingerprint density at radius 1 is 0.327 bits per heavy atom. The van der Waals surface area contributed by atoms with E-state index in [0.29, 0.717) is 0 Å². The molecule has 0 saturated heterocycles. The number of fused-ring (bicyclic) bond motifs is 4. The Balaban J connectivity index is 1.24. The maximum atomic E-state index is 2.38. The van der Waals surface area contributed by atoms with Gasteiger partial charge in [-0.2, -0.15) is 0 Å². The summed E-state index contributed by atoms with van der Waals surface area (Å²) in [7, 11) is 0. The minimum absolute atomic E-state index is 1.13. The lowest BCUT2D eigenvalue weighted by molar-refractivity contribution is 1.25. The molecule has 0 unspecified atom stereocenters. The molecule has 52 heavy (non-hydrogen) atoms. The molecule has 9 aromatic rings. The van der Waals surface area contributed by atoms with Crippen molar-refractivity contribution in [3.8, 4) is 55.6 Å². The first-order chi connectivity index (χ1) is 25.8. The molecule has 0 aliphatic heterocycles. The van der Waals surface area contributed by atoms with Crippen LogP contribution >= 0.6 is 0 Å². The first-order valence-electron chi connectivity index (χ1n) is 18.0. The standard InChI is InChI=1S/C51H35N/c1-34-17-11-14-30-46(34)52(38-23-9-4-10-24-38)39-25-15-22-37(33-39)40-31-32-45-49-41(40)28-16-29-44(49)50-47(35-18-5-2-6-19-35)42-26-12-13-27-43(42)48(51(45)50)36-20-7-3-8-21-36/h2-33H,1H3. The minimum atomic E-state index is 1.13. The molecule has 0 fully saturated rings. The van der Waals surface area contributed by atoms with Gasteiger partial charge in [0.25, 0.3) is 0 Å². The molecule has 10 rings (SSSR count). The highest BCUT2D eigenvalue weighted by atomic mass is 15.1. The van der Waals surface area contributed by atoms with Crippen molar-refractivity contribution in [1.29, 1.82) is 0 Å². The van der Waals surface area contributed by atoms with Crippen molar-refractivity contribution in [2.24, 2.45) is 0 Å². The maximum absolute atomic E-state index is 2.38. The number of para-hydroxylation sites is 2. The van der Waals surface area contributed by atoms with Crippen LogP contribution in [0.2, 0.25) is 0 Å². The summed E-state index contributed by atoms with van der Waals surface area (Å²) < 4.78 is 0. The fraction of sp³-hybridized carbons (Fsp3) is 0.0196. The molecule has 0 bridgehead atoms. The van der Waals surface area contributed by atoms with Gasteiger partial charge in [-0.05, 0) is 120 Å². The van der Waals surface area contributed by atoms with Gasteiger partial charge in [-0.15, -0.1) is 0 Å². The average Bonchev–Trinajstić information content (AvgIpc) is 3.54. The van der Waals surface area contributed by atoms with E-state index in [1.165, 1.54) is 88.4 Å². The predicted octanol–water partition coefficient (Wildman–Crippen LogP) is 14.4. The smallest absolute Gasteiger partial charge is 0.0490 e. The summed E-state index contributed by atoms with van der Waals surface area (Å²) in [4.78, 5) is 2.37. The fourth-order valence-electron chi connectivity index (χ4n) is 8.49. The number of benzene rings is 9. The number of rotatable bonds is 6. The van der Waals surface area contributed by atoms with E-state index in [1.807, 2.05) is 0 Å². The van der Waals surface area contributed by atoms with E-state index in [9.17, 15) is 0 Å². The van der Waals surface area contributed by atoms with Crippen molar-refractivity contribution in [1.82, 2.24) is 0 Å². The van der Waals surface area contributed by atoms with E-state index in [-0.39, 0.29) is 0 Å². The van der Waals surface area contributed by atoms with Gasteiger partial charge in [0.2, 0.25) is 0 Å². The molecule has 0 spiro atoms. The molecule has 0 saturated carbocycles. The van der Waals surface area contributed by atoms with Crippen LogP contribution in [0.5, 0.6) is 0 Å². The molecule has 0 N–H and O–H groups in total. The third-order valence-electron chi connectivity index (χ3n) is 10.7. The first-order valence-corrected chi connectivity index (χ1v) is 18.0. The molecule has 0 atom stereocenters. The van der Waals surface area contributed by atoms with Crippen LogP contribution < -0.4 is 4.90 Å². The van der Waals surface area contributed by atoms with Crippen molar-refractivity contribution in [3.05, 3.63) is 200 Å². The normalized spacial score (nSPS) is 11.6. The Bertz CT molecular complexity index is 2690. The van der Waals surface area contributed by atoms with Crippen molar-refractivity contribution in [2.45, 2.75) is 6.92 Å². The van der Waals surface area contributed by atoms with Gasteiger partial charge in [-0.1, -0.05) is 164 Å². The number of anilines is 3. The van der Waals surface area contributed by atoms with Gasteiger partial charge >= 0.3 is 0 Å². The lowest BCUT2D eigenvalue weighted by atomic mass is 9.82. The number of hydrogen-bond acceptors (Lipinski definition) is 1. The second-order valence-corrected chi connectivity index (χ2v) is 13.7. The predicted molar refractivity (Wildman–Crippen MR) is 222 cm³/mol. The van der Waals surface area contributed by atoms with Gasteiger partial charge in [0, 0.05) is 17.1 Å². The average molecular weight is 662 g/mol. The van der Waals surface area contributed by atoms with Gasteiger partial charge in [-0.25, -0.2) is 0 Å². The van der Waals surface area contributed by atoms with Crippen molar-refractivity contribution < 1.29 is 0 Å². The van der Waals surface area contributed by atoms with Crippen LogP contribution in [0.1, 0.15) is 5.56 Å². The van der Waals surface area contributed by atoms with Gasteiger partial charge in [0.1, 0.15) is 0 Å². The van der Waals surface area contributed by atoms with Gasteiger partial charge < -0.3 is 4.90 Å². The highest BCUT2D eigenvalue weighted by Crippen LogP contribution is 2.58. The molecular weight excluding hydrogens is 627 g/mol. The summed E-state index contributed by atoms with van der Waals surface area (Å²) in [5.41, 5.74) is 17.4. The molecule has 1 nitrogen and oxygen atoms in total. The van der Waals surface area contributed by atoms with Crippen LogP contribution in [0.25, 0.3) is 77.2 Å². The van der Waals surface area contributed by atoms with Crippen LogP contribution in [0.3, 0.4) is 0 Å². The number of aryl methyl sites for hydroxylation is 1. The monoisotopic (exact) mass is 661 g/mol. The summed E-state index contributed by atoms with van der Waals surface area (Å²) in [5.74, 6) is 0. The minimum Gasteiger partial charge on any atom is -0.310 e. The molecule has 0 amide bonds. The molecule has 1 heteroatoms. The van der Waals surface area contributed by atoms with Gasteiger partial charge in [0.05, 0.1) is 0 Å².